The van der Waals surface area contributed by atoms with E-state index in [0.717, 1.165) is 6.42 Å². The van der Waals surface area contributed by atoms with Gasteiger partial charge in [0.15, 0.2) is 0 Å². The lowest BCUT2D eigenvalue weighted by Crippen LogP contribution is -2.48. The summed E-state index contributed by atoms with van der Waals surface area (Å²) in [6.45, 7) is 8.40. The zero-order valence-corrected chi connectivity index (χ0v) is 20.9. The van der Waals surface area contributed by atoms with Crippen LogP contribution in [0.5, 0.6) is 0 Å². The third kappa shape index (κ3) is 6.42. The van der Waals surface area contributed by atoms with Gasteiger partial charge in [0, 0.05) is 23.6 Å². The van der Waals surface area contributed by atoms with E-state index in [9.17, 15) is 14.4 Å². The number of carbonyl (C=O) groups is 3. The highest BCUT2D eigenvalue weighted by molar-refractivity contribution is 6.00. The molecule has 0 spiro atoms. The fraction of sp³-hybridized carbons (Fsp3) is 0.333. The fourth-order valence-electron chi connectivity index (χ4n) is 3.83. The summed E-state index contributed by atoms with van der Waals surface area (Å²) in [6.07, 6.45) is 0.743. The smallest absolute Gasteiger partial charge is 0.338 e. The lowest BCUT2D eigenvalue weighted by molar-refractivity contribution is -0.140. The number of ether oxygens (including phenoxy) is 1. The van der Waals surface area contributed by atoms with Crippen molar-refractivity contribution in [1.29, 1.82) is 5.26 Å². The van der Waals surface area contributed by atoms with E-state index in [1.165, 1.54) is 0 Å². The Hall–Kier alpha value is -4.32. The average molecular weight is 490 g/mol. The van der Waals surface area contributed by atoms with E-state index >= 15 is 0 Å². The normalized spacial score (nSPS) is 15.3. The summed E-state index contributed by atoms with van der Waals surface area (Å²) in [7, 11) is 0. The van der Waals surface area contributed by atoms with Gasteiger partial charge >= 0.3 is 18.0 Å². The molecule has 3 rings (SSSR count). The molecule has 0 fully saturated rings. The summed E-state index contributed by atoms with van der Waals surface area (Å²) >= 11 is 0. The number of hydrogen-bond donors (Lipinski definition) is 3. The first-order valence-electron chi connectivity index (χ1n) is 11.9. The van der Waals surface area contributed by atoms with Gasteiger partial charge in [-0.2, -0.15) is 5.26 Å². The SMILES string of the molecule is CCCN1C(=O)N[C@@H](c2ccc(NC(=O)Nc3cccc(C#N)c3)cc2)C(C(=O)OCC(C)C)=C1C. The second-order valence-corrected chi connectivity index (χ2v) is 8.92. The Labute approximate surface area is 211 Å². The molecule has 9 nitrogen and oxygen atoms in total. The number of urea groups is 2. The Morgan fingerprint density at radius 3 is 2.47 bits per heavy atom. The van der Waals surface area contributed by atoms with Crippen molar-refractivity contribution in [3.8, 4) is 6.07 Å². The van der Waals surface area contributed by atoms with Crippen molar-refractivity contribution in [2.45, 2.75) is 40.2 Å². The number of amides is 4. The molecular formula is C27H31N5O4. The molecule has 0 aliphatic carbocycles. The maximum Gasteiger partial charge on any atom is 0.338 e. The van der Waals surface area contributed by atoms with Gasteiger partial charge in [0.2, 0.25) is 0 Å². The molecule has 1 atom stereocenters. The molecule has 0 bridgehead atoms. The molecule has 0 saturated carbocycles. The second kappa shape index (κ2) is 11.9. The first kappa shape index (κ1) is 26.3. The molecule has 4 amide bonds. The van der Waals surface area contributed by atoms with Crippen molar-refractivity contribution in [3.05, 3.63) is 70.9 Å². The van der Waals surface area contributed by atoms with E-state index in [0.29, 0.717) is 40.3 Å². The number of benzene rings is 2. The van der Waals surface area contributed by atoms with Crippen LogP contribution in [0.3, 0.4) is 0 Å². The molecule has 2 aromatic carbocycles. The van der Waals surface area contributed by atoms with Crippen LogP contribution in [-0.2, 0) is 9.53 Å². The number of allylic oxidation sites excluding steroid dienone is 1. The van der Waals surface area contributed by atoms with E-state index < -0.39 is 18.0 Å². The molecule has 0 unspecified atom stereocenters. The van der Waals surface area contributed by atoms with Gasteiger partial charge in [-0.3, -0.25) is 4.90 Å². The largest absolute Gasteiger partial charge is 0.462 e. The van der Waals surface area contributed by atoms with Crippen molar-refractivity contribution >= 4 is 29.4 Å². The Kier molecular flexibility index (Phi) is 8.68. The Balaban J connectivity index is 1.79. The van der Waals surface area contributed by atoms with Gasteiger partial charge in [-0.05, 0) is 55.2 Å². The van der Waals surface area contributed by atoms with E-state index in [-0.39, 0.29) is 18.6 Å². The van der Waals surface area contributed by atoms with Crippen molar-refractivity contribution in [3.63, 3.8) is 0 Å². The van der Waals surface area contributed by atoms with E-state index in [2.05, 4.69) is 16.0 Å². The maximum absolute atomic E-state index is 13.0. The number of nitrogens with zero attached hydrogens (tertiary/aromatic N) is 2. The predicted molar refractivity (Wildman–Crippen MR) is 137 cm³/mol. The summed E-state index contributed by atoms with van der Waals surface area (Å²) < 4.78 is 5.52. The van der Waals surface area contributed by atoms with Crippen molar-refractivity contribution in [2.24, 2.45) is 5.92 Å². The third-order valence-electron chi connectivity index (χ3n) is 5.56. The Morgan fingerprint density at radius 1 is 1.14 bits per heavy atom. The standard InChI is InChI=1S/C27H31N5O4/c1-5-13-32-18(4)23(25(33)36-16-17(2)3)24(31-27(32)35)20-9-11-21(12-10-20)29-26(34)30-22-8-6-7-19(14-22)15-28/h6-12,14,17,24H,5,13,16H2,1-4H3,(H,31,35)(H2,29,30,34)/t24-/m0/s1. The van der Waals surface area contributed by atoms with Crippen molar-refractivity contribution in [1.82, 2.24) is 10.2 Å². The summed E-state index contributed by atoms with van der Waals surface area (Å²) in [5.41, 5.74) is 3.10. The minimum atomic E-state index is -0.679. The number of nitrogens with one attached hydrogen (secondary N) is 3. The Bertz CT molecular complexity index is 1200. The summed E-state index contributed by atoms with van der Waals surface area (Å²) in [5, 5.41) is 17.3. The minimum absolute atomic E-state index is 0.178. The van der Waals surface area contributed by atoms with Crippen LogP contribution in [0.15, 0.2) is 59.8 Å². The maximum atomic E-state index is 13.0. The van der Waals surface area contributed by atoms with Gasteiger partial charge < -0.3 is 20.7 Å². The van der Waals surface area contributed by atoms with Gasteiger partial charge in [-0.15, -0.1) is 0 Å². The molecule has 3 N–H and O–H groups in total. The average Bonchev–Trinajstić information content (AvgIpc) is 2.85. The van der Waals surface area contributed by atoms with Gasteiger partial charge in [-0.1, -0.05) is 39.0 Å². The third-order valence-corrected chi connectivity index (χ3v) is 5.56. The molecule has 1 aliphatic heterocycles. The first-order valence-corrected chi connectivity index (χ1v) is 11.9. The highest BCUT2D eigenvalue weighted by Crippen LogP contribution is 2.32. The molecule has 9 heteroatoms. The molecule has 0 radical (unpaired) electrons. The van der Waals surface area contributed by atoms with E-state index in [1.807, 2.05) is 26.8 Å². The number of anilines is 2. The predicted octanol–water partition coefficient (Wildman–Crippen LogP) is 5.15. The number of nitriles is 1. The highest BCUT2D eigenvalue weighted by Gasteiger charge is 2.36. The molecule has 0 aromatic heterocycles. The molecule has 1 aliphatic rings. The van der Waals surface area contributed by atoms with Crippen LogP contribution in [0.4, 0.5) is 21.0 Å². The summed E-state index contributed by atoms with van der Waals surface area (Å²) in [4.78, 5) is 39.8. The van der Waals surface area contributed by atoms with Crippen LogP contribution < -0.4 is 16.0 Å². The number of rotatable bonds is 8. The van der Waals surface area contributed by atoms with Crippen LogP contribution in [0.2, 0.25) is 0 Å². The molecule has 1 heterocycles. The van der Waals surface area contributed by atoms with Gasteiger partial charge in [-0.25, -0.2) is 14.4 Å². The monoisotopic (exact) mass is 489 g/mol. The number of carbonyl (C=O) groups excluding carboxylic acids is 3. The van der Waals surface area contributed by atoms with Crippen LogP contribution in [0.1, 0.15) is 51.3 Å². The van der Waals surface area contributed by atoms with Crippen molar-refractivity contribution in [2.75, 3.05) is 23.8 Å². The quantitative estimate of drug-likeness (QED) is 0.442. The molecule has 188 valence electrons. The molecule has 2 aromatic rings. The summed E-state index contributed by atoms with van der Waals surface area (Å²) in [5.74, 6) is -0.286. The minimum Gasteiger partial charge on any atom is -0.462 e. The number of esters is 1. The van der Waals surface area contributed by atoms with Gasteiger partial charge in [0.05, 0.1) is 29.9 Å². The van der Waals surface area contributed by atoms with Gasteiger partial charge in [0.25, 0.3) is 0 Å². The first-order chi connectivity index (χ1) is 17.2. The highest BCUT2D eigenvalue weighted by atomic mass is 16.5. The van der Waals surface area contributed by atoms with Crippen LogP contribution >= 0.6 is 0 Å². The second-order valence-electron chi connectivity index (χ2n) is 8.92. The Morgan fingerprint density at radius 2 is 1.83 bits per heavy atom. The van der Waals surface area contributed by atoms with Crippen LogP contribution in [-0.4, -0.2) is 36.1 Å². The molecule has 0 saturated heterocycles. The summed E-state index contributed by atoms with van der Waals surface area (Å²) in [6, 6.07) is 14.1. The lowest BCUT2D eigenvalue weighted by Gasteiger charge is -2.35. The zero-order valence-electron chi connectivity index (χ0n) is 20.9. The zero-order chi connectivity index (χ0) is 26.2. The van der Waals surface area contributed by atoms with Crippen LogP contribution in [0, 0.1) is 17.2 Å². The number of hydrogen-bond acceptors (Lipinski definition) is 5. The molecular weight excluding hydrogens is 458 g/mol. The molecule has 36 heavy (non-hydrogen) atoms. The lowest BCUT2D eigenvalue weighted by atomic mass is 9.94. The fourth-order valence-corrected chi connectivity index (χ4v) is 3.83. The topological polar surface area (TPSA) is 124 Å². The van der Waals surface area contributed by atoms with Crippen molar-refractivity contribution < 1.29 is 19.1 Å². The van der Waals surface area contributed by atoms with Gasteiger partial charge in [0.1, 0.15) is 0 Å². The van der Waals surface area contributed by atoms with Crippen LogP contribution in [0.25, 0.3) is 0 Å². The van der Waals surface area contributed by atoms with E-state index in [4.69, 9.17) is 10.00 Å². The van der Waals surface area contributed by atoms with E-state index in [1.54, 1.807) is 60.4 Å².